The van der Waals surface area contributed by atoms with Crippen molar-refractivity contribution in [1.82, 2.24) is 5.32 Å². The van der Waals surface area contributed by atoms with Crippen LogP contribution in [0.1, 0.15) is 54.6 Å². The molecule has 0 unspecified atom stereocenters. The minimum Gasteiger partial charge on any atom is -0.346 e. The molecule has 30 heavy (non-hydrogen) atoms. The molecule has 1 atom stereocenters. The van der Waals surface area contributed by atoms with Gasteiger partial charge in [0.05, 0.1) is 11.6 Å². The first-order valence-corrected chi connectivity index (χ1v) is 9.52. The summed E-state index contributed by atoms with van der Waals surface area (Å²) < 4.78 is 66.5. The lowest BCUT2D eigenvalue weighted by Gasteiger charge is -2.15. The summed E-state index contributed by atoms with van der Waals surface area (Å²) in [5, 5.41) is 2.60. The number of nitrogens with one attached hydrogen (secondary N) is 1. The van der Waals surface area contributed by atoms with Gasteiger partial charge < -0.3 is 5.32 Å². The molecule has 7 heteroatoms. The Hall–Kier alpha value is -2.70. The minimum absolute atomic E-state index is 0.0999. The Labute approximate surface area is 172 Å². The molecule has 0 aromatic heterocycles. The topological polar surface area (TPSA) is 29.1 Å². The summed E-state index contributed by atoms with van der Waals surface area (Å²) in [6.45, 7) is 6.68. The van der Waals surface area contributed by atoms with Crippen molar-refractivity contribution in [2.75, 3.05) is 0 Å². The van der Waals surface area contributed by atoms with Gasteiger partial charge in [-0.25, -0.2) is 8.78 Å². The van der Waals surface area contributed by atoms with Gasteiger partial charge in [0.2, 0.25) is 5.91 Å². The van der Waals surface area contributed by atoms with E-state index in [9.17, 15) is 26.7 Å². The summed E-state index contributed by atoms with van der Waals surface area (Å²) in [5.41, 5.74) is 0.424. The quantitative estimate of drug-likeness (QED) is 0.422. The number of amides is 1. The van der Waals surface area contributed by atoms with E-state index in [4.69, 9.17) is 0 Å². The Bertz CT molecular complexity index is 924. The minimum atomic E-state index is -4.45. The van der Waals surface area contributed by atoms with Gasteiger partial charge >= 0.3 is 6.18 Å². The van der Waals surface area contributed by atoms with Gasteiger partial charge in [0, 0.05) is 11.6 Å². The van der Waals surface area contributed by atoms with E-state index in [0.717, 1.165) is 24.3 Å². The monoisotopic (exact) mass is 425 g/mol. The number of carbonyl (C=O) groups is 1. The molecule has 0 saturated carbocycles. The number of halogens is 5. The molecule has 0 bridgehead atoms. The fourth-order valence-electron chi connectivity index (χ4n) is 2.99. The van der Waals surface area contributed by atoms with E-state index in [1.54, 1.807) is 6.92 Å². The van der Waals surface area contributed by atoms with Gasteiger partial charge in [-0.05, 0) is 73.2 Å². The Balaban J connectivity index is 2.19. The smallest absolute Gasteiger partial charge is 0.346 e. The third-order valence-electron chi connectivity index (χ3n) is 4.67. The first-order valence-electron chi connectivity index (χ1n) is 9.52. The van der Waals surface area contributed by atoms with Crippen molar-refractivity contribution < 1.29 is 26.7 Å². The lowest BCUT2D eigenvalue weighted by Crippen LogP contribution is -2.25. The second-order valence-electron chi connectivity index (χ2n) is 7.68. The fraction of sp³-hybridized carbons (Fsp3) is 0.348. The molecule has 2 aromatic rings. The maximum absolute atomic E-state index is 13.7. The van der Waals surface area contributed by atoms with Crippen LogP contribution in [-0.4, -0.2) is 5.91 Å². The van der Waals surface area contributed by atoms with E-state index < -0.39 is 35.3 Å². The Morgan fingerprint density at radius 3 is 2.20 bits per heavy atom. The van der Waals surface area contributed by atoms with Gasteiger partial charge in [-0.3, -0.25) is 4.79 Å². The Kier molecular flexibility index (Phi) is 7.39. The predicted octanol–water partition coefficient (Wildman–Crippen LogP) is 6.38. The standard InChI is InChI=1S/C23H24F5NO/c1-13(2)9-18-10-19(23(26,27)28)7-5-16(18)6-8-22(30)29-15(4)17-11-20(24)14(3)21(25)12-17/h5-8,10-13,15H,9H2,1-4H3,(H,29,30)/b8-6+/t15-/m1/s1. The van der Waals surface area contributed by atoms with Gasteiger partial charge in [0.15, 0.2) is 0 Å². The van der Waals surface area contributed by atoms with Crippen LogP contribution < -0.4 is 5.32 Å². The molecule has 2 nitrogen and oxygen atoms in total. The van der Waals surface area contributed by atoms with E-state index >= 15 is 0 Å². The second kappa shape index (κ2) is 9.41. The molecule has 0 aliphatic carbocycles. The van der Waals surface area contributed by atoms with E-state index in [0.29, 0.717) is 17.5 Å². The first kappa shape index (κ1) is 23.6. The largest absolute Gasteiger partial charge is 0.416 e. The molecule has 0 aliphatic heterocycles. The van der Waals surface area contributed by atoms with Crippen molar-refractivity contribution in [2.45, 2.75) is 46.3 Å². The van der Waals surface area contributed by atoms with Gasteiger partial charge in [-0.1, -0.05) is 19.9 Å². The summed E-state index contributed by atoms with van der Waals surface area (Å²) in [5.74, 6) is -1.81. The highest BCUT2D eigenvalue weighted by molar-refractivity contribution is 5.92. The van der Waals surface area contributed by atoms with Gasteiger partial charge in [-0.15, -0.1) is 0 Å². The molecule has 2 aromatic carbocycles. The summed E-state index contributed by atoms with van der Waals surface area (Å²) >= 11 is 0. The van der Waals surface area contributed by atoms with Crippen LogP contribution in [0.25, 0.3) is 6.08 Å². The van der Waals surface area contributed by atoms with E-state index in [1.807, 2.05) is 13.8 Å². The summed E-state index contributed by atoms with van der Waals surface area (Å²) in [6, 6.07) is 5.06. The van der Waals surface area contributed by atoms with Gasteiger partial charge in [0.25, 0.3) is 0 Å². The zero-order chi connectivity index (χ0) is 22.6. The molecule has 0 radical (unpaired) electrons. The molecule has 0 spiro atoms. The normalized spacial score (nSPS) is 13.1. The summed E-state index contributed by atoms with van der Waals surface area (Å²) in [6.07, 6.45) is -1.39. The zero-order valence-electron chi connectivity index (χ0n) is 17.2. The van der Waals surface area contributed by atoms with E-state index in [2.05, 4.69) is 5.32 Å². The van der Waals surface area contributed by atoms with Crippen molar-refractivity contribution in [3.05, 3.63) is 75.9 Å². The summed E-state index contributed by atoms with van der Waals surface area (Å²) in [7, 11) is 0. The van der Waals surface area contributed by atoms with Crippen LogP contribution in [0.15, 0.2) is 36.4 Å². The van der Waals surface area contributed by atoms with Gasteiger partial charge in [0.1, 0.15) is 11.6 Å². The molecule has 1 N–H and O–H groups in total. The van der Waals surface area contributed by atoms with Crippen LogP contribution in [0.3, 0.4) is 0 Å². The lowest BCUT2D eigenvalue weighted by molar-refractivity contribution is -0.137. The lowest BCUT2D eigenvalue weighted by atomic mass is 9.95. The molecule has 162 valence electrons. The van der Waals surface area contributed by atoms with Crippen molar-refractivity contribution in [2.24, 2.45) is 5.92 Å². The highest BCUT2D eigenvalue weighted by Crippen LogP contribution is 2.31. The molecule has 0 saturated heterocycles. The predicted molar refractivity (Wildman–Crippen MR) is 107 cm³/mol. The third-order valence-corrected chi connectivity index (χ3v) is 4.67. The number of rotatable bonds is 6. The Morgan fingerprint density at radius 2 is 1.67 bits per heavy atom. The number of hydrogen-bond donors (Lipinski definition) is 1. The van der Waals surface area contributed by atoms with Crippen molar-refractivity contribution in [1.29, 1.82) is 0 Å². The Morgan fingerprint density at radius 1 is 1.07 bits per heavy atom. The molecule has 0 heterocycles. The molecule has 0 fully saturated rings. The maximum atomic E-state index is 13.7. The first-order chi connectivity index (χ1) is 13.9. The summed E-state index contributed by atoms with van der Waals surface area (Å²) in [4.78, 5) is 12.2. The van der Waals surface area contributed by atoms with Crippen molar-refractivity contribution in [3.8, 4) is 0 Å². The average Bonchev–Trinajstić information content (AvgIpc) is 2.63. The fourth-order valence-corrected chi connectivity index (χ4v) is 2.99. The molecule has 2 rings (SSSR count). The van der Waals surface area contributed by atoms with Crippen LogP contribution >= 0.6 is 0 Å². The van der Waals surface area contributed by atoms with E-state index in [-0.39, 0.29) is 17.0 Å². The number of carbonyl (C=O) groups excluding carboxylic acids is 1. The van der Waals surface area contributed by atoms with Crippen LogP contribution in [0.2, 0.25) is 0 Å². The highest BCUT2D eigenvalue weighted by Gasteiger charge is 2.30. The molecule has 0 aliphatic rings. The number of hydrogen-bond acceptors (Lipinski definition) is 1. The van der Waals surface area contributed by atoms with Crippen LogP contribution in [0.5, 0.6) is 0 Å². The molecule has 1 amide bonds. The zero-order valence-corrected chi connectivity index (χ0v) is 17.2. The molecular formula is C23H24F5NO. The maximum Gasteiger partial charge on any atom is 0.416 e. The van der Waals surface area contributed by atoms with Crippen LogP contribution in [-0.2, 0) is 17.4 Å². The van der Waals surface area contributed by atoms with E-state index in [1.165, 1.54) is 25.1 Å². The van der Waals surface area contributed by atoms with Crippen molar-refractivity contribution in [3.63, 3.8) is 0 Å². The highest BCUT2D eigenvalue weighted by atomic mass is 19.4. The van der Waals surface area contributed by atoms with Gasteiger partial charge in [-0.2, -0.15) is 13.2 Å². The van der Waals surface area contributed by atoms with Crippen LogP contribution in [0, 0.1) is 24.5 Å². The third kappa shape index (κ3) is 6.15. The van der Waals surface area contributed by atoms with Crippen molar-refractivity contribution >= 4 is 12.0 Å². The second-order valence-corrected chi connectivity index (χ2v) is 7.68. The SMILES string of the molecule is Cc1c(F)cc([C@@H](C)NC(=O)/C=C/c2ccc(C(F)(F)F)cc2CC(C)C)cc1F. The number of alkyl halides is 3. The van der Waals surface area contributed by atoms with Crippen LogP contribution in [0.4, 0.5) is 22.0 Å². The average molecular weight is 425 g/mol. The number of benzene rings is 2. The molecular weight excluding hydrogens is 401 g/mol.